The van der Waals surface area contributed by atoms with Crippen LogP contribution in [0.1, 0.15) is 5.56 Å². The molecule has 0 saturated carbocycles. The molecular formula is C21H16N6O2. The molecule has 8 nitrogen and oxygen atoms in total. The predicted octanol–water partition coefficient (Wildman–Crippen LogP) is 4.29. The summed E-state index contributed by atoms with van der Waals surface area (Å²) in [6.45, 7) is 0. The van der Waals surface area contributed by atoms with E-state index in [1.807, 2.05) is 54.6 Å². The van der Waals surface area contributed by atoms with Gasteiger partial charge in [0.05, 0.1) is 34.4 Å². The molecule has 0 atom stereocenters. The molecule has 0 unspecified atom stereocenters. The number of hydrogen-bond donors (Lipinski definition) is 1. The fourth-order valence-corrected chi connectivity index (χ4v) is 2.77. The third-order valence-electron chi connectivity index (χ3n) is 4.24. The summed E-state index contributed by atoms with van der Waals surface area (Å²) in [5.41, 5.74) is 7.29. The van der Waals surface area contributed by atoms with Crippen molar-refractivity contribution in [3.05, 3.63) is 101 Å². The maximum atomic E-state index is 10.7. The molecule has 0 bridgehead atoms. The van der Waals surface area contributed by atoms with Crippen LogP contribution in [0.2, 0.25) is 0 Å². The van der Waals surface area contributed by atoms with Gasteiger partial charge in [0, 0.05) is 17.7 Å². The lowest BCUT2D eigenvalue weighted by Crippen LogP contribution is -1.99. The molecule has 1 aromatic heterocycles. The van der Waals surface area contributed by atoms with E-state index in [1.165, 1.54) is 12.1 Å². The minimum atomic E-state index is -0.438. The molecule has 0 aliphatic rings. The Labute approximate surface area is 166 Å². The molecule has 0 aliphatic carbocycles. The Hall–Kier alpha value is -4.33. The Morgan fingerprint density at radius 3 is 2.38 bits per heavy atom. The average Bonchev–Trinajstić information content (AvgIpc) is 3.25. The van der Waals surface area contributed by atoms with Gasteiger partial charge in [-0.2, -0.15) is 5.10 Å². The van der Waals surface area contributed by atoms with Crippen molar-refractivity contribution in [3.8, 4) is 16.9 Å². The number of benzene rings is 3. The normalized spacial score (nSPS) is 10.9. The fourth-order valence-electron chi connectivity index (χ4n) is 2.77. The molecule has 0 spiro atoms. The summed E-state index contributed by atoms with van der Waals surface area (Å²) >= 11 is 0. The first-order valence-electron chi connectivity index (χ1n) is 8.81. The standard InChI is InChI=1S/C21H16N6O2/c28-27(29)20-12-8-18(9-13-20)24-22-14-16-6-10-19(11-7-16)26-21(15-23-25-26)17-4-2-1-3-5-17/h1-15,24H. The van der Waals surface area contributed by atoms with Gasteiger partial charge in [0.2, 0.25) is 0 Å². The molecule has 3 aromatic carbocycles. The minimum absolute atomic E-state index is 0.0399. The van der Waals surface area contributed by atoms with E-state index in [9.17, 15) is 10.1 Å². The third kappa shape index (κ3) is 4.16. The van der Waals surface area contributed by atoms with Gasteiger partial charge in [0.1, 0.15) is 0 Å². The van der Waals surface area contributed by atoms with Crippen molar-refractivity contribution >= 4 is 17.6 Å². The number of aromatic nitrogens is 3. The van der Waals surface area contributed by atoms with Crippen LogP contribution in [-0.4, -0.2) is 26.1 Å². The number of hydrogen-bond acceptors (Lipinski definition) is 6. The molecule has 4 rings (SSSR count). The summed E-state index contributed by atoms with van der Waals surface area (Å²) in [5, 5.41) is 23.1. The predicted molar refractivity (Wildman–Crippen MR) is 111 cm³/mol. The van der Waals surface area contributed by atoms with Crippen LogP contribution >= 0.6 is 0 Å². The molecule has 4 aromatic rings. The molecule has 1 N–H and O–H groups in total. The highest BCUT2D eigenvalue weighted by molar-refractivity contribution is 5.80. The van der Waals surface area contributed by atoms with Gasteiger partial charge in [-0.1, -0.05) is 47.7 Å². The molecular weight excluding hydrogens is 368 g/mol. The summed E-state index contributed by atoms with van der Waals surface area (Å²) in [6, 6.07) is 23.7. The summed E-state index contributed by atoms with van der Waals surface area (Å²) in [4.78, 5) is 10.2. The Balaban J connectivity index is 1.46. The van der Waals surface area contributed by atoms with Crippen molar-refractivity contribution in [1.82, 2.24) is 15.0 Å². The van der Waals surface area contributed by atoms with E-state index < -0.39 is 4.92 Å². The largest absolute Gasteiger partial charge is 0.278 e. The first-order chi connectivity index (χ1) is 14.2. The maximum Gasteiger partial charge on any atom is 0.269 e. The number of nitro groups is 1. The van der Waals surface area contributed by atoms with Crippen LogP contribution in [0, 0.1) is 10.1 Å². The van der Waals surface area contributed by atoms with Gasteiger partial charge in [-0.25, -0.2) is 4.68 Å². The van der Waals surface area contributed by atoms with Crippen LogP contribution in [0.25, 0.3) is 16.9 Å². The van der Waals surface area contributed by atoms with Gasteiger partial charge >= 0.3 is 0 Å². The van der Waals surface area contributed by atoms with Crippen LogP contribution in [0.5, 0.6) is 0 Å². The lowest BCUT2D eigenvalue weighted by Gasteiger charge is -2.06. The van der Waals surface area contributed by atoms with Crippen molar-refractivity contribution in [3.63, 3.8) is 0 Å². The molecule has 1 heterocycles. The van der Waals surface area contributed by atoms with Crippen molar-refractivity contribution in [1.29, 1.82) is 0 Å². The molecule has 0 fully saturated rings. The Bertz CT molecular complexity index is 1140. The zero-order chi connectivity index (χ0) is 20.1. The van der Waals surface area contributed by atoms with Gasteiger partial charge in [0.15, 0.2) is 0 Å². The highest BCUT2D eigenvalue weighted by atomic mass is 16.6. The Morgan fingerprint density at radius 2 is 1.69 bits per heavy atom. The van der Waals surface area contributed by atoms with E-state index in [0.29, 0.717) is 5.69 Å². The summed E-state index contributed by atoms with van der Waals surface area (Å²) < 4.78 is 1.78. The number of hydrazone groups is 1. The second kappa shape index (κ2) is 8.13. The second-order valence-electron chi connectivity index (χ2n) is 6.16. The number of nitro benzene ring substituents is 1. The fraction of sp³-hybridized carbons (Fsp3) is 0. The maximum absolute atomic E-state index is 10.7. The monoisotopic (exact) mass is 384 g/mol. The first-order valence-corrected chi connectivity index (χ1v) is 8.81. The van der Waals surface area contributed by atoms with Crippen molar-refractivity contribution in [2.45, 2.75) is 0 Å². The summed E-state index contributed by atoms with van der Waals surface area (Å²) in [5.74, 6) is 0. The van der Waals surface area contributed by atoms with Crippen molar-refractivity contribution < 1.29 is 4.92 Å². The van der Waals surface area contributed by atoms with Crippen LogP contribution in [0.3, 0.4) is 0 Å². The van der Waals surface area contributed by atoms with Crippen LogP contribution < -0.4 is 5.43 Å². The summed E-state index contributed by atoms with van der Waals surface area (Å²) in [7, 11) is 0. The van der Waals surface area contributed by atoms with Crippen LogP contribution in [0.4, 0.5) is 11.4 Å². The molecule has 8 heteroatoms. The average molecular weight is 384 g/mol. The zero-order valence-electron chi connectivity index (χ0n) is 15.2. The van der Waals surface area contributed by atoms with Gasteiger partial charge < -0.3 is 0 Å². The van der Waals surface area contributed by atoms with E-state index in [0.717, 1.165) is 22.5 Å². The highest BCUT2D eigenvalue weighted by Gasteiger charge is 2.08. The lowest BCUT2D eigenvalue weighted by atomic mass is 10.1. The number of non-ortho nitro benzene ring substituents is 1. The number of anilines is 1. The van der Waals surface area contributed by atoms with Gasteiger partial charge in [0.25, 0.3) is 5.69 Å². The van der Waals surface area contributed by atoms with Gasteiger partial charge in [-0.3, -0.25) is 15.5 Å². The lowest BCUT2D eigenvalue weighted by molar-refractivity contribution is -0.384. The van der Waals surface area contributed by atoms with Gasteiger partial charge in [-0.05, 0) is 29.8 Å². The van der Waals surface area contributed by atoms with E-state index >= 15 is 0 Å². The van der Waals surface area contributed by atoms with Crippen molar-refractivity contribution in [2.24, 2.45) is 5.10 Å². The van der Waals surface area contributed by atoms with E-state index in [-0.39, 0.29) is 5.69 Å². The quantitative estimate of drug-likeness (QED) is 0.304. The molecule has 142 valence electrons. The minimum Gasteiger partial charge on any atom is -0.278 e. The zero-order valence-corrected chi connectivity index (χ0v) is 15.2. The molecule has 0 aliphatic heterocycles. The Morgan fingerprint density at radius 1 is 0.966 bits per heavy atom. The molecule has 0 amide bonds. The molecule has 0 radical (unpaired) electrons. The Kier molecular flexibility index (Phi) is 5.06. The smallest absolute Gasteiger partial charge is 0.269 e. The number of nitrogens with zero attached hydrogens (tertiary/aromatic N) is 5. The summed E-state index contributed by atoms with van der Waals surface area (Å²) in [6.07, 6.45) is 3.41. The van der Waals surface area contributed by atoms with E-state index in [2.05, 4.69) is 20.8 Å². The second-order valence-corrected chi connectivity index (χ2v) is 6.16. The van der Waals surface area contributed by atoms with E-state index in [4.69, 9.17) is 0 Å². The van der Waals surface area contributed by atoms with Crippen LogP contribution in [-0.2, 0) is 0 Å². The molecule has 0 saturated heterocycles. The number of rotatable bonds is 6. The molecule has 29 heavy (non-hydrogen) atoms. The SMILES string of the molecule is O=[N+]([O-])c1ccc(NN=Cc2ccc(-n3nncc3-c3ccccc3)cc2)cc1. The first kappa shape index (κ1) is 18.1. The van der Waals surface area contributed by atoms with Gasteiger partial charge in [-0.15, -0.1) is 5.10 Å². The van der Waals surface area contributed by atoms with Crippen molar-refractivity contribution in [2.75, 3.05) is 5.43 Å². The number of nitrogens with one attached hydrogen (secondary N) is 1. The third-order valence-corrected chi connectivity index (χ3v) is 4.24. The highest BCUT2D eigenvalue weighted by Crippen LogP contribution is 2.21. The van der Waals surface area contributed by atoms with Crippen LogP contribution in [0.15, 0.2) is 90.2 Å². The van der Waals surface area contributed by atoms with E-state index in [1.54, 1.807) is 29.2 Å². The topological polar surface area (TPSA) is 98.2 Å².